The molecule has 1 fully saturated rings. The van der Waals surface area contributed by atoms with Crippen LogP contribution in [0.4, 0.5) is 0 Å². The molecule has 0 saturated carbocycles. The van der Waals surface area contributed by atoms with Crippen LogP contribution >= 0.6 is 15.9 Å². The van der Waals surface area contributed by atoms with E-state index in [9.17, 15) is 4.79 Å². The van der Waals surface area contributed by atoms with Crippen LogP contribution in [0.1, 0.15) is 10.4 Å². The van der Waals surface area contributed by atoms with E-state index in [0.29, 0.717) is 11.6 Å². The molecule has 19 heavy (non-hydrogen) atoms. The van der Waals surface area contributed by atoms with Crippen LogP contribution in [0.25, 0.3) is 0 Å². The Kier molecular flexibility index (Phi) is 4.96. The average Bonchev–Trinajstić information content (AvgIpc) is 2.38. The quantitative estimate of drug-likeness (QED) is 0.913. The van der Waals surface area contributed by atoms with Crippen molar-refractivity contribution in [3.63, 3.8) is 0 Å². The average molecular weight is 326 g/mol. The summed E-state index contributed by atoms with van der Waals surface area (Å²) in [5, 5.41) is 3.45. The van der Waals surface area contributed by atoms with Crippen LogP contribution in [0.5, 0.6) is 0 Å². The number of amides is 1. The Hall–Kier alpha value is -0.910. The van der Waals surface area contributed by atoms with Gasteiger partial charge in [0.1, 0.15) is 0 Å². The highest BCUT2D eigenvalue weighted by Gasteiger charge is 2.21. The minimum absolute atomic E-state index is 0.0579. The van der Waals surface area contributed by atoms with E-state index in [1.807, 2.05) is 31.3 Å². The first-order valence-corrected chi connectivity index (χ1v) is 7.29. The fraction of sp³-hybridized carbons (Fsp3) is 0.500. The first-order chi connectivity index (χ1) is 9.08. The molecule has 5 heteroatoms. The molecule has 1 aliphatic rings. The van der Waals surface area contributed by atoms with Gasteiger partial charge < -0.3 is 15.1 Å². The highest BCUT2D eigenvalue weighted by atomic mass is 79.9. The number of carbonyl (C=O) groups is 1. The van der Waals surface area contributed by atoms with Gasteiger partial charge in [-0.3, -0.25) is 4.79 Å². The van der Waals surface area contributed by atoms with Crippen molar-refractivity contribution < 1.29 is 4.79 Å². The number of carbonyl (C=O) groups excluding carboxylic acids is 1. The van der Waals surface area contributed by atoms with Crippen LogP contribution in [0, 0.1) is 0 Å². The summed E-state index contributed by atoms with van der Waals surface area (Å²) in [5.41, 5.74) is 0.717. The summed E-state index contributed by atoms with van der Waals surface area (Å²) in [6, 6.07) is 7.89. The highest BCUT2D eigenvalue weighted by Crippen LogP contribution is 2.17. The van der Waals surface area contributed by atoms with Gasteiger partial charge in [0.2, 0.25) is 0 Å². The van der Waals surface area contributed by atoms with Crippen LogP contribution in [0.2, 0.25) is 0 Å². The molecule has 1 aromatic rings. The predicted molar refractivity (Wildman–Crippen MR) is 80.4 cm³/mol. The first kappa shape index (κ1) is 14.5. The molecule has 0 bridgehead atoms. The summed E-state index contributed by atoms with van der Waals surface area (Å²) in [6.45, 7) is 3.76. The SMILES string of the molecule is CN1CCNC(CN(C)C(=O)c2ccccc2Br)C1. The number of halogens is 1. The van der Waals surface area contributed by atoms with Gasteiger partial charge in [-0.2, -0.15) is 0 Å². The second-order valence-corrected chi connectivity index (χ2v) is 5.93. The number of rotatable bonds is 3. The molecule has 0 aliphatic carbocycles. The zero-order chi connectivity index (χ0) is 13.8. The summed E-state index contributed by atoms with van der Waals surface area (Å²) >= 11 is 3.43. The van der Waals surface area contributed by atoms with E-state index in [1.165, 1.54) is 0 Å². The Balaban J connectivity index is 1.98. The second kappa shape index (κ2) is 6.50. The number of nitrogens with zero attached hydrogens (tertiary/aromatic N) is 2. The summed E-state index contributed by atoms with van der Waals surface area (Å²) in [7, 11) is 3.97. The molecule has 1 unspecified atom stereocenters. The Labute approximate surface area is 122 Å². The lowest BCUT2D eigenvalue weighted by molar-refractivity contribution is 0.0763. The fourth-order valence-corrected chi connectivity index (χ4v) is 2.82. The van der Waals surface area contributed by atoms with Gasteiger partial charge in [-0.25, -0.2) is 0 Å². The van der Waals surface area contributed by atoms with Crippen molar-refractivity contribution in [1.82, 2.24) is 15.1 Å². The minimum Gasteiger partial charge on any atom is -0.340 e. The lowest BCUT2D eigenvalue weighted by Crippen LogP contribution is -2.54. The Morgan fingerprint density at radius 2 is 2.26 bits per heavy atom. The van der Waals surface area contributed by atoms with Gasteiger partial charge in [0.25, 0.3) is 5.91 Å². The predicted octanol–water partition coefficient (Wildman–Crippen LogP) is 1.42. The summed E-state index contributed by atoms with van der Waals surface area (Å²) in [5.74, 6) is 0.0579. The van der Waals surface area contributed by atoms with Crippen molar-refractivity contribution in [1.29, 1.82) is 0 Å². The molecule has 1 saturated heterocycles. The van der Waals surface area contributed by atoms with Gasteiger partial charge in [0.15, 0.2) is 0 Å². The summed E-state index contributed by atoms with van der Waals surface area (Å²) < 4.78 is 0.848. The maximum absolute atomic E-state index is 12.4. The van der Waals surface area contributed by atoms with Gasteiger partial charge >= 0.3 is 0 Å². The van der Waals surface area contributed by atoms with Crippen LogP contribution in [-0.4, -0.2) is 62.0 Å². The molecule has 104 valence electrons. The van der Waals surface area contributed by atoms with Gasteiger partial charge in [-0.15, -0.1) is 0 Å². The molecule has 0 radical (unpaired) electrons. The van der Waals surface area contributed by atoms with Gasteiger partial charge in [0.05, 0.1) is 5.56 Å². The van der Waals surface area contributed by atoms with Crippen LogP contribution in [0.3, 0.4) is 0 Å². The maximum Gasteiger partial charge on any atom is 0.254 e. The van der Waals surface area contributed by atoms with E-state index in [4.69, 9.17) is 0 Å². The number of hydrogen-bond acceptors (Lipinski definition) is 3. The molecule has 1 aromatic carbocycles. The van der Waals surface area contributed by atoms with Crippen molar-refractivity contribution in [3.05, 3.63) is 34.3 Å². The molecule has 2 rings (SSSR count). The molecule has 1 aliphatic heterocycles. The smallest absolute Gasteiger partial charge is 0.254 e. The number of nitrogens with one attached hydrogen (secondary N) is 1. The molecule has 4 nitrogen and oxygen atoms in total. The van der Waals surface area contributed by atoms with E-state index >= 15 is 0 Å². The van der Waals surface area contributed by atoms with Gasteiger partial charge in [0, 0.05) is 43.7 Å². The third-order valence-electron chi connectivity index (χ3n) is 3.40. The van der Waals surface area contributed by atoms with Gasteiger partial charge in [-0.1, -0.05) is 12.1 Å². The van der Waals surface area contributed by atoms with E-state index in [2.05, 4.69) is 33.2 Å². The van der Waals surface area contributed by atoms with Crippen LogP contribution in [-0.2, 0) is 0 Å². The maximum atomic E-state index is 12.4. The zero-order valence-electron chi connectivity index (χ0n) is 11.4. The largest absolute Gasteiger partial charge is 0.340 e. The molecule has 1 atom stereocenters. The minimum atomic E-state index is 0.0579. The molecule has 0 spiro atoms. The van der Waals surface area contributed by atoms with E-state index in [0.717, 1.165) is 30.7 Å². The van der Waals surface area contributed by atoms with Crippen molar-refractivity contribution in [3.8, 4) is 0 Å². The molecular weight excluding hydrogens is 306 g/mol. The van der Waals surface area contributed by atoms with E-state index in [-0.39, 0.29) is 5.91 Å². The van der Waals surface area contributed by atoms with Gasteiger partial charge in [-0.05, 0) is 35.1 Å². The topological polar surface area (TPSA) is 35.6 Å². The Bertz CT molecular complexity index is 452. The molecule has 1 heterocycles. The lowest BCUT2D eigenvalue weighted by atomic mass is 10.1. The van der Waals surface area contributed by atoms with Crippen molar-refractivity contribution in [2.45, 2.75) is 6.04 Å². The summed E-state index contributed by atoms with van der Waals surface area (Å²) in [6.07, 6.45) is 0. The number of benzene rings is 1. The van der Waals surface area contributed by atoms with E-state index < -0.39 is 0 Å². The third kappa shape index (κ3) is 3.78. The molecular formula is C14H20BrN3O. The normalized spacial score (nSPS) is 20.3. The molecule has 0 aromatic heterocycles. The Morgan fingerprint density at radius 3 is 2.95 bits per heavy atom. The second-order valence-electron chi connectivity index (χ2n) is 5.08. The lowest BCUT2D eigenvalue weighted by Gasteiger charge is -2.33. The number of hydrogen-bond donors (Lipinski definition) is 1. The monoisotopic (exact) mass is 325 g/mol. The first-order valence-electron chi connectivity index (χ1n) is 6.50. The molecule has 1 N–H and O–H groups in total. The zero-order valence-corrected chi connectivity index (χ0v) is 13.0. The third-order valence-corrected chi connectivity index (χ3v) is 4.10. The van der Waals surface area contributed by atoms with Crippen molar-refractivity contribution >= 4 is 21.8 Å². The van der Waals surface area contributed by atoms with Crippen LogP contribution < -0.4 is 5.32 Å². The fourth-order valence-electron chi connectivity index (χ4n) is 2.37. The number of likely N-dealkylation sites (N-methyl/N-ethyl adjacent to an activating group) is 2. The highest BCUT2D eigenvalue weighted by molar-refractivity contribution is 9.10. The number of piperazine rings is 1. The molecule has 1 amide bonds. The van der Waals surface area contributed by atoms with Crippen molar-refractivity contribution in [2.75, 3.05) is 40.3 Å². The standard InChI is InChI=1S/C14H20BrN3O/c1-17-8-7-16-11(9-17)10-18(2)14(19)12-5-3-4-6-13(12)15/h3-6,11,16H,7-10H2,1-2H3. The van der Waals surface area contributed by atoms with E-state index in [1.54, 1.807) is 4.90 Å². The summed E-state index contributed by atoms with van der Waals surface area (Å²) in [4.78, 5) is 16.5. The van der Waals surface area contributed by atoms with Crippen molar-refractivity contribution in [2.24, 2.45) is 0 Å². The van der Waals surface area contributed by atoms with Crippen LogP contribution in [0.15, 0.2) is 28.7 Å². The Morgan fingerprint density at radius 1 is 1.53 bits per heavy atom.